The van der Waals surface area contributed by atoms with E-state index in [-0.39, 0.29) is 28.6 Å². The lowest BCUT2D eigenvalue weighted by Gasteiger charge is -2.07. The number of hydrogen-bond acceptors (Lipinski definition) is 6. The Kier molecular flexibility index (Phi) is 4.85. The van der Waals surface area contributed by atoms with E-state index in [1.165, 1.54) is 35.0 Å². The summed E-state index contributed by atoms with van der Waals surface area (Å²) in [5.41, 5.74) is 0.0717. The van der Waals surface area contributed by atoms with Crippen molar-refractivity contribution in [1.82, 2.24) is 25.5 Å². The molecule has 0 bridgehead atoms. The van der Waals surface area contributed by atoms with Crippen LogP contribution >= 0.6 is 11.6 Å². The van der Waals surface area contributed by atoms with Gasteiger partial charge in [0.05, 0.1) is 27.7 Å². The minimum Gasteiger partial charge on any atom is -0.345 e. The molecule has 1 amide bonds. The van der Waals surface area contributed by atoms with Crippen LogP contribution in [0.1, 0.15) is 16.2 Å². The number of carbonyl (C=O) groups is 1. The van der Waals surface area contributed by atoms with Crippen LogP contribution in [0, 0.1) is 15.9 Å². The number of hydrogen-bond donors (Lipinski definition) is 1. The van der Waals surface area contributed by atoms with Crippen molar-refractivity contribution in [3.63, 3.8) is 0 Å². The van der Waals surface area contributed by atoms with Crippen LogP contribution in [0.25, 0.3) is 5.69 Å². The number of amides is 1. The zero-order valence-electron chi connectivity index (χ0n) is 13.0. The molecule has 0 aliphatic heterocycles. The maximum atomic E-state index is 13.4. The summed E-state index contributed by atoms with van der Waals surface area (Å²) in [5.74, 6) is -0.852. The fraction of sp³-hybridized carbons (Fsp3) is 0.0667. The van der Waals surface area contributed by atoms with Crippen LogP contribution < -0.4 is 5.32 Å². The number of tetrazole rings is 1. The number of nitrogens with zero attached hydrogens (tertiary/aromatic N) is 5. The highest BCUT2D eigenvalue weighted by molar-refractivity contribution is 6.33. The summed E-state index contributed by atoms with van der Waals surface area (Å²) in [7, 11) is 0. The van der Waals surface area contributed by atoms with Crippen LogP contribution in [0.5, 0.6) is 0 Å². The molecule has 3 rings (SSSR count). The van der Waals surface area contributed by atoms with Crippen molar-refractivity contribution >= 4 is 23.2 Å². The van der Waals surface area contributed by atoms with Crippen molar-refractivity contribution < 1.29 is 14.1 Å². The molecule has 0 aliphatic carbocycles. The molecular weight excluding hydrogens is 367 g/mol. The third-order valence-corrected chi connectivity index (χ3v) is 3.73. The van der Waals surface area contributed by atoms with Crippen LogP contribution in [0.15, 0.2) is 42.5 Å². The van der Waals surface area contributed by atoms with E-state index in [0.717, 1.165) is 6.07 Å². The number of halogens is 2. The third kappa shape index (κ3) is 3.64. The van der Waals surface area contributed by atoms with Crippen LogP contribution in [0.2, 0.25) is 5.02 Å². The first-order valence-corrected chi connectivity index (χ1v) is 7.59. The Bertz CT molecular complexity index is 993. The molecule has 0 saturated heterocycles. The Hall–Kier alpha value is -3.40. The van der Waals surface area contributed by atoms with Gasteiger partial charge >= 0.3 is 0 Å². The maximum Gasteiger partial charge on any atom is 0.270 e. The molecular formula is C15H10ClFN6O3. The first kappa shape index (κ1) is 17.4. The Morgan fingerprint density at radius 3 is 2.85 bits per heavy atom. The van der Waals surface area contributed by atoms with Gasteiger partial charge in [-0.05, 0) is 34.7 Å². The highest BCUT2D eigenvalue weighted by Crippen LogP contribution is 2.22. The number of nitro benzene ring substituents is 1. The van der Waals surface area contributed by atoms with Crippen molar-refractivity contribution in [3.8, 4) is 5.69 Å². The Morgan fingerprint density at radius 1 is 1.31 bits per heavy atom. The van der Waals surface area contributed by atoms with Gasteiger partial charge in [0.25, 0.3) is 11.6 Å². The predicted molar refractivity (Wildman–Crippen MR) is 88.4 cm³/mol. The number of carbonyl (C=O) groups excluding carboxylic acids is 1. The summed E-state index contributed by atoms with van der Waals surface area (Å²) in [6.07, 6.45) is 0. The van der Waals surface area contributed by atoms with Gasteiger partial charge in [-0.3, -0.25) is 14.9 Å². The van der Waals surface area contributed by atoms with E-state index in [9.17, 15) is 19.3 Å². The molecule has 3 aromatic rings. The van der Waals surface area contributed by atoms with Gasteiger partial charge in [-0.2, -0.15) is 4.68 Å². The lowest BCUT2D eigenvalue weighted by molar-refractivity contribution is -0.384. The van der Waals surface area contributed by atoms with Gasteiger partial charge in [-0.1, -0.05) is 17.7 Å². The van der Waals surface area contributed by atoms with Crippen molar-refractivity contribution in [1.29, 1.82) is 0 Å². The zero-order valence-corrected chi connectivity index (χ0v) is 13.7. The highest BCUT2D eigenvalue weighted by Gasteiger charge is 2.17. The summed E-state index contributed by atoms with van der Waals surface area (Å²) in [6.45, 7) is -0.0959. The van der Waals surface area contributed by atoms with Crippen molar-refractivity contribution in [2.24, 2.45) is 0 Å². The van der Waals surface area contributed by atoms with E-state index in [1.54, 1.807) is 6.07 Å². The minimum atomic E-state index is -0.632. The van der Waals surface area contributed by atoms with E-state index in [4.69, 9.17) is 11.6 Å². The fourth-order valence-electron chi connectivity index (χ4n) is 2.18. The molecule has 1 heterocycles. The molecule has 0 atom stereocenters. The standard InChI is InChI=1S/C15H10ClFN6O3/c16-13-5-4-11(23(25)26)7-12(13)15(24)18-8-14-19-20-21-22(14)10-3-1-2-9(17)6-10/h1-7H,8H2,(H,18,24). The molecule has 0 radical (unpaired) electrons. The Morgan fingerprint density at radius 2 is 2.12 bits per heavy atom. The number of benzene rings is 2. The molecule has 0 fully saturated rings. The molecule has 1 N–H and O–H groups in total. The summed E-state index contributed by atoms with van der Waals surface area (Å²) in [4.78, 5) is 22.5. The first-order chi connectivity index (χ1) is 12.5. The van der Waals surface area contributed by atoms with E-state index in [0.29, 0.717) is 5.69 Å². The number of nitrogens with one attached hydrogen (secondary N) is 1. The third-order valence-electron chi connectivity index (χ3n) is 3.40. The van der Waals surface area contributed by atoms with E-state index in [2.05, 4.69) is 20.8 Å². The van der Waals surface area contributed by atoms with Crippen LogP contribution in [-0.2, 0) is 6.54 Å². The van der Waals surface area contributed by atoms with Gasteiger partial charge in [0.1, 0.15) is 5.82 Å². The lowest BCUT2D eigenvalue weighted by atomic mass is 10.2. The van der Waals surface area contributed by atoms with Crippen LogP contribution in [0.4, 0.5) is 10.1 Å². The number of nitro groups is 1. The Balaban J connectivity index is 1.78. The number of rotatable bonds is 5. The van der Waals surface area contributed by atoms with Gasteiger partial charge in [0.2, 0.25) is 0 Å². The fourth-order valence-corrected chi connectivity index (χ4v) is 2.38. The highest BCUT2D eigenvalue weighted by atomic mass is 35.5. The van der Waals surface area contributed by atoms with Gasteiger partial charge < -0.3 is 5.32 Å². The van der Waals surface area contributed by atoms with Crippen molar-refractivity contribution in [2.75, 3.05) is 0 Å². The molecule has 0 spiro atoms. The van der Waals surface area contributed by atoms with Crippen LogP contribution in [-0.4, -0.2) is 31.0 Å². The molecule has 1 aromatic heterocycles. The van der Waals surface area contributed by atoms with Crippen LogP contribution in [0.3, 0.4) is 0 Å². The minimum absolute atomic E-state index is 0.0503. The van der Waals surface area contributed by atoms with E-state index < -0.39 is 16.6 Å². The molecule has 132 valence electrons. The summed E-state index contributed by atoms with van der Waals surface area (Å²) in [6, 6.07) is 9.15. The second-order valence-electron chi connectivity index (χ2n) is 5.09. The average molecular weight is 377 g/mol. The molecule has 0 unspecified atom stereocenters. The summed E-state index contributed by atoms with van der Waals surface area (Å²) < 4.78 is 14.6. The maximum absolute atomic E-state index is 13.4. The topological polar surface area (TPSA) is 116 Å². The molecule has 0 saturated carbocycles. The van der Waals surface area contributed by atoms with E-state index >= 15 is 0 Å². The van der Waals surface area contributed by atoms with Gasteiger partial charge in [-0.25, -0.2) is 4.39 Å². The molecule has 0 aliphatic rings. The molecule has 2 aromatic carbocycles. The first-order valence-electron chi connectivity index (χ1n) is 7.21. The molecule has 26 heavy (non-hydrogen) atoms. The predicted octanol–water partition coefficient (Wildman–Crippen LogP) is 2.29. The van der Waals surface area contributed by atoms with Gasteiger partial charge in [0, 0.05) is 12.1 Å². The normalized spacial score (nSPS) is 10.5. The summed E-state index contributed by atoms with van der Waals surface area (Å²) >= 11 is 5.93. The molecule has 9 nitrogen and oxygen atoms in total. The van der Waals surface area contributed by atoms with E-state index in [1.807, 2.05) is 0 Å². The zero-order chi connectivity index (χ0) is 18.7. The summed E-state index contributed by atoms with van der Waals surface area (Å²) in [5, 5.41) is 24.5. The number of aromatic nitrogens is 4. The van der Waals surface area contributed by atoms with Gasteiger partial charge in [-0.15, -0.1) is 5.10 Å². The largest absolute Gasteiger partial charge is 0.345 e. The average Bonchev–Trinajstić information content (AvgIpc) is 3.08. The van der Waals surface area contributed by atoms with Crippen molar-refractivity contribution in [2.45, 2.75) is 6.54 Å². The quantitative estimate of drug-likeness (QED) is 0.539. The Labute approximate surface area is 150 Å². The number of non-ortho nitro benzene ring substituents is 1. The molecule has 11 heteroatoms. The van der Waals surface area contributed by atoms with Gasteiger partial charge in [0.15, 0.2) is 5.82 Å². The second-order valence-corrected chi connectivity index (χ2v) is 5.50. The SMILES string of the molecule is O=C(NCc1nnnn1-c1cccc(F)c1)c1cc([N+](=O)[O-])ccc1Cl. The monoisotopic (exact) mass is 376 g/mol. The smallest absolute Gasteiger partial charge is 0.270 e. The second kappa shape index (κ2) is 7.23. The lowest BCUT2D eigenvalue weighted by Crippen LogP contribution is -2.25. The van der Waals surface area contributed by atoms with Crippen molar-refractivity contribution in [3.05, 3.63) is 74.8 Å².